The SMILES string of the molecule is CCC1CN(C(C)CCc2ccco2)C(C(C)C)CN1. The van der Waals surface area contributed by atoms with E-state index in [1.54, 1.807) is 6.26 Å². The molecule has 0 radical (unpaired) electrons. The molecule has 1 saturated heterocycles. The Hall–Kier alpha value is -0.800. The molecule has 0 aromatic carbocycles. The molecule has 1 N–H and O–H groups in total. The van der Waals surface area contributed by atoms with Crippen LogP contribution < -0.4 is 5.32 Å². The Labute approximate surface area is 123 Å². The molecule has 3 atom stereocenters. The standard InChI is InChI=1S/C17H30N2O/c1-5-15-12-19(17(11-18-15)13(2)3)14(4)8-9-16-7-6-10-20-16/h6-7,10,13-15,17-18H,5,8-9,11-12H2,1-4H3. The van der Waals surface area contributed by atoms with Crippen LogP contribution in [0.3, 0.4) is 0 Å². The van der Waals surface area contributed by atoms with E-state index in [2.05, 4.69) is 44.0 Å². The van der Waals surface area contributed by atoms with Crippen LogP contribution in [0, 0.1) is 5.92 Å². The first-order chi connectivity index (χ1) is 9.61. The van der Waals surface area contributed by atoms with Crippen LogP contribution in [0.2, 0.25) is 0 Å². The summed E-state index contributed by atoms with van der Waals surface area (Å²) in [5.74, 6) is 1.81. The van der Waals surface area contributed by atoms with E-state index in [0.29, 0.717) is 24.0 Å². The molecule has 1 aliphatic rings. The van der Waals surface area contributed by atoms with Gasteiger partial charge in [-0.3, -0.25) is 4.90 Å². The Morgan fingerprint density at radius 3 is 2.80 bits per heavy atom. The fourth-order valence-corrected chi connectivity index (χ4v) is 3.23. The molecular formula is C17H30N2O. The van der Waals surface area contributed by atoms with Gasteiger partial charge in [-0.25, -0.2) is 0 Å². The van der Waals surface area contributed by atoms with Crippen molar-refractivity contribution in [3.8, 4) is 0 Å². The van der Waals surface area contributed by atoms with Crippen LogP contribution in [-0.4, -0.2) is 36.1 Å². The summed E-state index contributed by atoms with van der Waals surface area (Å²) in [6, 6.07) is 5.98. The lowest BCUT2D eigenvalue weighted by Crippen LogP contribution is -2.60. The topological polar surface area (TPSA) is 28.4 Å². The van der Waals surface area contributed by atoms with Crippen LogP contribution in [0.15, 0.2) is 22.8 Å². The van der Waals surface area contributed by atoms with Crippen molar-refractivity contribution in [2.45, 2.75) is 65.1 Å². The Morgan fingerprint density at radius 1 is 1.40 bits per heavy atom. The Morgan fingerprint density at radius 2 is 2.20 bits per heavy atom. The predicted octanol–water partition coefficient (Wildman–Crippen LogP) is 3.31. The van der Waals surface area contributed by atoms with Gasteiger partial charge in [0.2, 0.25) is 0 Å². The lowest BCUT2D eigenvalue weighted by atomic mass is 9.94. The minimum Gasteiger partial charge on any atom is -0.469 e. The monoisotopic (exact) mass is 278 g/mol. The van der Waals surface area contributed by atoms with E-state index in [-0.39, 0.29) is 0 Å². The first kappa shape index (κ1) is 15.6. The average Bonchev–Trinajstić information content (AvgIpc) is 2.97. The van der Waals surface area contributed by atoms with Crippen LogP contribution in [-0.2, 0) is 6.42 Å². The highest BCUT2D eigenvalue weighted by atomic mass is 16.3. The lowest BCUT2D eigenvalue weighted by molar-refractivity contribution is 0.0576. The highest BCUT2D eigenvalue weighted by Crippen LogP contribution is 2.21. The molecule has 3 heteroatoms. The highest BCUT2D eigenvalue weighted by Gasteiger charge is 2.31. The first-order valence-corrected chi connectivity index (χ1v) is 8.13. The van der Waals surface area contributed by atoms with Gasteiger partial charge in [0.05, 0.1) is 6.26 Å². The van der Waals surface area contributed by atoms with E-state index in [1.165, 1.54) is 19.4 Å². The van der Waals surface area contributed by atoms with E-state index >= 15 is 0 Å². The molecule has 1 fully saturated rings. The van der Waals surface area contributed by atoms with Crippen molar-refractivity contribution in [1.29, 1.82) is 0 Å². The fraction of sp³-hybridized carbons (Fsp3) is 0.765. The van der Waals surface area contributed by atoms with Crippen LogP contribution in [0.4, 0.5) is 0 Å². The van der Waals surface area contributed by atoms with Crippen molar-refractivity contribution in [3.05, 3.63) is 24.2 Å². The van der Waals surface area contributed by atoms with Crippen molar-refractivity contribution in [2.75, 3.05) is 13.1 Å². The largest absolute Gasteiger partial charge is 0.469 e. The third kappa shape index (κ3) is 3.86. The summed E-state index contributed by atoms with van der Waals surface area (Å²) < 4.78 is 5.46. The molecular weight excluding hydrogens is 248 g/mol. The molecule has 2 heterocycles. The van der Waals surface area contributed by atoms with Gasteiger partial charge in [0.1, 0.15) is 5.76 Å². The second-order valence-electron chi connectivity index (χ2n) is 6.49. The number of hydrogen-bond donors (Lipinski definition) is 1. The van der Waals surface area contributed by atoms with Crippen molar-refractivity contribution >= 4 is 0 Å². The summed E-state index contributed by atoms with van der Waals surface area (Å²) in [6.45, 7) is 11.6. The Balaban J connectivity index is 1.93. The zero-order valence-electron chi connectivity index (χ0n) is 13.4. The number of aryl methyl sites for hydroxylation is 1. The predicted molar refractivity (Wildman–Crippen MR) is 83.9 cm³/mol. The number of nitrogens with zero attached hydrogens (tertiary/aromatic N) is 1. The van der Waals surface area contributed by atoms with E-state index < -0.39 is 0 Å². The van der Waals surface area contributed by atoms with Gasteiger partial charge in [-0.15, -0.1) is 0 Å². The van der Waals surface area contributed by atoms with Gasteiger partial charge in [-0.2, -0.15) is 0 Å². The molecule has 3 unspecified atom stereocenters. The van der Waals surface area contributed by atoms with Crippen LogP contribution >= 0.6 is 0 Å². The molecule has 1 aromatic rings. The van der Waals surface area contributed by atoms with Gasteiger partial charge in [0.15, 0.2) is 0 Å². The van der Waals surface area contributed by atoms with Crippen LogP contribution in [0.5, 0.6) is 0 Å². The van der Waals surface area contributed by atoms with Gasteiger partial charge in [-0.05, 0) is 37.8 Å². The second-order valence-corrected chi connectivity index (χ2v) is 6.49. The maximum absolute atomic E-state index is 5.46. The van der Waals surface area contributed by atoms with Gasteiger partial charge >= 0.3 is 0 Å². The number of piperazine rings is 1. The molecule has 1 aromatic heterocycles. The molecule has 114 valence electrons. The normalized spacial score (nSPS) is 26.1. The molecule has 0 saturated carbocycles. The van der Waals surface area contributed by atoms with Gasteiger partial charge in [0, 0.05) is 37.6 Å². The molecule has 0 spiro atoms. The summed E-state index contributed by atoms with van der Waals surface area (Å²) in [5.41, 5.74) is 0. The highest BCUT2D eigenvalue weighted by molar-refractivity contribution is 4.99. The van der Waals surface area contributed by atoms with Gasteiger partial charge in [-0.1, -0.05) is 20.8 Å². The van der Waals surface area contributed by atoms with E-state index in [9.17, 15) is 0 Å². The van der Waals surface area contributed by atoms with Crippen molar-refractivity contribution < 1.29 is 4.42 Å². The summed E-state index contributed by atoms with van der Waals surface area (Å²) in [4.78, 5) is 2.72. The van der Waals surface area contributed by atoms with E-state index in [1.807, 2.05) is 6.07 Å². The van der Waals surface area contributed by atoms with Crippen molar-refractivity contribution in [2.24, 2.45) is 5.92 Å². The van der Waals surface area contributed by atoms with E-state index in [0.717, 1.165) is 18.7 Å². The number of rotatable bonds is 6. The molecule has 2 rings (SSSR count). The van der Waals surface area contributed by atoms with Crippen LogP contribution in [0.25, 0.3) is 0 Å². The number of hydrogen-bond acceptors (Lipinski definition) is 3. The Kier molecular flexibility index (Phi) is 5.67. The molecule has 0 bridgehead atoms. The third-order valence-corrected chi connectivity index (χ3v) is 4.69. The molecule has 0 aliphatic carbocycles. The zero-order valence-corrected chi connectivity index (χ0v) is 13.4. The summed E-state index contributed by atoms with van der Waals surface area (Å²) in [5, 5.41) is 3.69. The first-order valence-electron chi connectivity index (χ1n) is 8.13. The second kappa shape index (κ2) is 7.28. The Bertz CT molecular complexity index is 374. The molecule has 1 aliphatic heterocycles. The van der Waals surface area contributed by atoms with Crippen LogP contribution in [0.1, 0.15) is 46.3 Å². The van der Waals surface area contributed by atoms with E-state index in [4.69, 9.17) is 4.42 Å². The smallest absolute Gasteiger partial charge is 0.103 e. The minimum absolute atomic E-state index is 0.614. The minimum atomic E-state index is 0.614. The number of nitrogens with one attached hydrogen (secondary N) is 1. The third-order valence-electron chi connectivity index (χ3n) is 4.69. The summed E-state index contributed by atoms with van der Waals surface area (Å²) in [6.07, 6.45) is 5.20. The quantitative estimate of drug-likeness (QED) is 0.865. The number of furan rings is 1. The van der Waals surface area contributed by atoms with Gasteiger partial charge < -0.3 is 9.73 Å². The zero-order chi connectivity index (χ0) is 14.5. The molecule has 20 heavy (non-hydrogen) atoms. The fourth-order valence-electron chi connectivity index (χ4n) is 3.23. The van der Waals surface area contributed by atoms with Crippen molar-refractivity contribution in [1.82, 2.24) is 10.2 Å². The van der Waals surface area contributed by atoms with Gasteiger partial charge in [0.25, 0.3) is 0 Å². The lowest BCUT2D eigenvalue weighted by Gasteiger charge is -2.45. The average molecular weight is 278 g/mol. The maximum Gasteiger partial charge on any atom is 0.103 e. The molecule has 0 amide bonds. The summed E-state index contributed by atoms with van der Waals surface area (Å²) in [7, 11) is 0. The summed E-state index contributed by atoms with van der Waals surface area (Å²) >= 11 is 0. The molecule has 3 nitrogen and oxygen atoms in total. The van der Waals surface area contributed by atoms with Crippen molar-refractivity contribution in [3.63, 3.8) is 0 Å². The maximum atomic E-state index is 5.46.